The molecule has 0 aliphatic carbocycles. The van der Waals surface area contributed by atoms with Gasteiger partial charge in [-0.15, -0.1) is 12.4 Å². The molecule has 0 radical (unpaired) electrons. The van der Waals surface area contributed by atoms with Crippen LogP contribution in [0.15, 0.2) is 24.3 Å². The molecule has 68 valence electrons. The summed E-state index contributed by atoms with van der Waals surface area (Å²) in [6.07, 6.45) is 0. The van der Waals surface area contributed by atoms with E-state index in [4.69, 9.17) is 10.8 Å². The third-order valence-electron chi connectivity index (χ3n) is 1.80. The lowest BCUT2D eigenvalue weighted by molar-refractivity contribution is 0.273. The van der Waals surface area contributed by atoms with E-state index in [2.05, 4.69) is 0 Å². The Kier molecular flexibility index (Phi) is 4.71. The number of hydrogen-bond acceptors (Lipinski definition) is 2. The lowest BCUT2D eigenvalue weighted by atomic mass is 10.0. The van der Waals surface area contributed by atoms with E-state index in [0.29, 0.717) is 0 Å². The molecule has 1 unspecified atom stereocenters. The van der Waals surface area contributed by atoms with Gasteiger partial charge in [0.25, 0.3) is 0 Å². The molecule has 0 aliphatic heterocycles. The summed E-state index contributed by atoms with van der Waals surface area (Å²) in [5.74, 6) is 0.135. The molecule has 0 saturated carbocycles. The second kappa shape index (κ2) is 5.01. The Hall–Kier alpha value is -0.730. The van der Waals surface area contributed by atoms with Gasteiger partial charge in [0.1, 0.15) is 0 Å². The van der Waals surface area contributed by atoms with Gasteiger partial charge in [0.15, 0.2) is 0 Å². The second-order valence-electron chi connectivity index (χ2n) is 2.71. The van der Waals surface area contributed by atoms with Crippen molar-refractivity contribution in [2.45, 2.75) is 12.8 Å². The van der Waals surface area contributed by atoms with Gasteiger partial charge in [-0.3, -0.25) is 0 Å². The van der Waals surface area contributed by atoms with Crippen molar-refractivity contribution in [3.8, 4) is 0 Å². The normalized spacial score (nSPS) is 11.8. The number of aliphatic hydroxyl groups is 1. The monoisotopic (exact) mass is 187 g/mol. The van der Waals surface area contributed by atoms with E-state index in [1.165, 1.54) is 0 Å². The molecule has 0 spiro atoms. The van der Waals surface area contributed by atoms with Gasteiger partial charge < -0.3 is 10.8 Å². The molecule has 3 N–H and O–H groups in total. The number of nitrogen functional groups attached to an aromatic ring is 1. The first kappa shape index (κ1) is 11.3. The summed E-state index contributed by atoms with van der Waals surface area (Å²) < 4.78 is 0. The molecule has 1 atom stereocenters. The van der Waals surface area contributed by atoms with Gasteiger partial charge in [-0.05, 0) is 11.6 Å². The second-order valence-corrected chi connectivity index (χ2v) is 2.71. The number of benzene rings is 1. The van der Waals surface area contributed by atoms with Crippen molar-refractivity contribution < 1.29 is 5.11 Å². The molecule has 0 fully saturated rings. The van der Waals surface area contributed by atoms with Gasteiger partial charge in [-0.2, -0.15) is 0 Å². The van der Waals surface area contributed by atoms with Crippen LogP contribution in [0.3, 0.4) is 0 Å². The maximum absolute atomic E-state index is 8.86. The standard InChI is InChI=1S/C9H13NO.ClH/c1-7(6-11)8-4-2-3-5-9(8)10;/h2-5,7,11H,6,10H2,1H3;1H. The quantitative estimate of drug-likeness (QED) is 0.694. The summed E-state index contributed by atoms with van der Waals surface area (Å²) in [7, 11) is 0. The SMILES string of the molecule is CC(CO)c1ccccc1N.Cl. The van der Waals surface area contributed by atoms with Crippen LogP contribution >= 0.6 is 12.4 Å². The third kappa shape index (κ3) is 2.40. The van der Waals surface area contributed by atoms with E-state index in [0.717, 1.165) is 11.3 Å². The predicted octanol–water partition coefficient (Wildman–Crippen LogP) is 1.79. The molecule has 2 nitrogen and oxygen atoms in total. The average Bonchev–Trinajstić information content (AvgIpc) is 2.04. The average molecular weight is 188 g/mol. The first-order chi connectivity index (χ1) is 5.25. The van der Waals surface area contributed by atoms with Gasteiger partial charge in [-0.1, -0.05) is 25.1 Å². The molecule has 0 heterocycles. The van der Waals surface area contributed by atoms with E-state index in [9.17, 15) is 0 Å². The zero-order valence-electron chi connectivity index (χ0n) is 7.03. The van der Waals surface area contributed by atoms with Crippen LogP contribution in [0.4, 0.5) is 5.69 Å². The topological polar surface area (TPSA) is 46.2 Å². The van der Waals surface area contributed by atoms with Gasteiger partial charge >= 0.3 is 0 Å². The molecule has 0 saturated heterocycles. The first-order valence-electron chi connectivity index (χ1n) is 3.71. The van der Waals surface area contributed by atoms with Crippen molar-refractivity contribution >= 4 is 18.1 Å². The smallest absolute Gasteiger partial charge is 0.0497 e. The van der Waals surface area contributed by atoms with Crippen LogP contribution in [-0.4, -0.2) is 11.7 Å². The minimum absolute atomic E-state index is 0. The van der Waals surface area contributed by atoms with Gasteiger partial charge in [0, 0.05) is 18.2 Å². The number of halogens is 1. The number of para-hydroxylation sites is 1. The zero-order valence-corrected chi connectivity index (χ0v) is 7.84. The van der Waals surface area contributed by atoms with E-state index in [-0.39, 0.29) is 24.9 Å². The molecular weight excluding hydrogens is 174 g/mol. The van der Waals surface area contributed by atoms with Crippen molar-refractivity contribution in [1.82, 2.24) is 0 Å². The van der Waals surface area contributed by atoms with Crippen LogP contribution in [0.5, 0.6) is 0 Å². The van der Waals surface area contributed by atoms with E-state index >= 15 is 0 Å². The number of rotatable bonds is 2. The molecular formula is C9H14ClNO. The summed E-state index contributed by atoms with van der Waals surface area (Å²) in [5, 5.41) is 8.86. The minimum atomic E-state index is 0. The molecule has 0 aliphatic rings. The Morgan fingerprint density at radius 1 is 1.42 bits per heavy atom. The molecule has 0 bridgehead atoms. The molecule has 1 rings (SSSR count). The Labute approximate surface area is 78.8 Å². The maximum atomic E-state index is 8.86. The molecule has 0 amide bonds. The highest BCUT2D eigenvalue weighted by atomic mass is 35.5. The summed E-state index contributed by atoms with van der Waals surface area (Å²) in [6.45, 7) is 2.10. The van der Waals surface area contributed by atoms with Crippen LogP contribution in [0.1, 0.15) is 18.4 Å². The van der Waals surface area contributed by atoms with Crippen molar-refractivity contribution in [2.24, 2.45) is 0 Å². The molecule has 12 heavy (non-hydrogen) atoms. The van der Waals surface area contributed by atoms with Crippen LogP contribution < -0.4 is 5.73 Å². The van der Waals surface area contributed by atoms with Crippen LogP contribution in [0.25, 0.3) is 0 Å². The largest absolute Gasteiger partial charge is 0.398 e. The van der Waals surface area contributed by atoms with E-state index in [1.54, 1.807) is 0 Å². The Bertz CT molecular complexity index is 240. The van der Waals surface area contributed by atoms with Crippen LogP contribution in [0, 0.1) is 0 Å². The highest BCUT2D eigenvalue weighted by Crippen LogP contribution is 2.20. The van der Waals surface area contributed by atoms with Gasteiger partial charge in [-0.25, -0.2) is 0 Å². The number of hydrogen-bond donors (Lipinski definition) is 2. The Morgan fingerprint density at radius 2 is 2.00 bits per heavy atom. The van der Waals surface area contributed by atoms with Crippen LogP contribution in [0.2, 0.25) is 0 Å². The first-order valence-corrected chi connectivity index (χ1v) is 3.71. The predicted molar refractivity (Wildman–Crippen MR) is 53.6 cm³/mol. The molecule has 1 aromatic rings. The summed E-state index contributed by atoms with van der Waals surface area (Å²) in [6, 6.07) is 7.61. The van der Waals surface area contributed by atoms with Crippen molar-refractivity contribution in [1.29, 1.82) is 0 Å². The van der Waals surface area contributed by atoms with Crippen LogP contribution in [-0.2, 0) is 0 Å². The van der Waals surface area contributed by atoms with E-state index in [1.807, 2.05) is 31.2 Å². The van der Waals surface area contributed by atoms with Crippen molar-refractivity contribution in [2.75, 3.05) is 12.3 Å². The number of anilines is 1. The molecule has 0 aromatic heterocycles. The Balaban J connectivity index is 0.00000121. The fourth-order valence-electron chi connectivity index (χ4n) is 1.06. The zero-order chi connectivity index (χ0) is 8.27. The van der Waals surface area contributed by atoms with Crippen molar-refractivity contribution in [3.63, 3.8) is 0 Å². The Morgan fingerprint density at radius 3 is 2.50 bits per heavy atom. The molecule has 1 aromatic carbocycles. The number of nitrogens with two attached hydrogens (primary N) is 1. The summed E-state index contributed by atoms with van der Waals surface area (Å²) >= 11 is 0. The lowest BCUT2D eigenvalue weighted by Gasteiger charge is -2.10. The summed E-state index contributed by atoms with van der Waals surface area (Å²) in [4.78, 5) is 0. The third-order valence-corrected chi connectivity index (χ3v) is 1.80. The van der Waals surface area contributed by atoms with Gasteiger partial charge in [0.2, 0.25) is 0 Å². The van der Waals surface area contributed by atoms with Gasteiger partial charge in [0.05, 0.1) is 0 Å². The molecule has 3 heteroatoms. The lowest BCUT2D eigenvalue weighted by Crippen LogP contribution is -2.02. The highest BCUT2D eigenvalue weighted by Gasteiger charge is 2.05. The number of aliphatic hydroxyl groups excluding tert-OH is 1. The maximum Gasteiger partial charge on any atom is 0.0497 e. The fourth-order valence-corrected chi connectivity index (χ4v) is 1.06. The minimum Gasteiger partial charge on any atom is -0.398 e. The van der Waals surface area contributed by atoms with E-state index < -0.39 is 0 Å². The highest BCUT2D eigenvalue weighted by molar-refractivity contribution is 5.85. The fraction of sp³-hybridized carbons (Fsp3) is 0.333. The van der Waals surface area contributed by atoms with Crippen molar-refractivity contribution in [3.05, 3.63) is 29.8 Å². The summed E-state index contributed by atoms with van der Waals surface area (Å²) in [5.41, 5.74) is 7.47.